The van der Waals surface area contributed by atoms with Crippen molar-refractivity contribution in [1.29, 1.82) is 10.8 Å². The van der Waals surface area contributed by atoms with Crippen LogP contribution in [0, 0.1) is 10.8 Å². The van der Waals surface area contributed by atoms with Gasteiger partial charge in [-0.3, -0.25) is 10.8 Å². The lowest BCUT2D eigenvalue weighted by molar-refractivity contribution is 1.24. The second-order valence-electron chi connectivity index (χ2n) is 2.81. The Morgan fingerprint density at radius 2 is 1.62 bits per heavy atom. The molecule has 13 heavy (non-hydrogen) atoms. The maximum atomic E-state index is 7.16. The molecule has 0 unspecified atom stereocenters. The van der Waals surface area contributed by atoms with Crippen molar-refractivity contribution in [3.63, 3.8) is 0 Å². The Bertz CT molecular complexity index is 326. The molecule has 1 rings (SSSR count). The van der Waals surface area contributed by atoms with Gasteiger partial charge >= 0.3 is 0 Å². The van der Waals surface area contributed by atoms with Crippen LogP contribution in [0.3, 0.4) is 0 Å². The first-order valence-electron chi connectivity index (χ1n) is 3.86. The van der Waals surface area contributed by atoms with Gasteiger partial charge in [-0.15, -0.1) is 0 Å². The summed E-state index contributed by atoms with van der Waals surface area (Å²) in [4.78, 5) is 0. The summed E-state index contributed by atoms with van der Waals surface area (Å²) in [5, 5.41) is 14.2. The zero-order valence-electron chi connectivity index (χ0n) is 7.17. The molecule has 68 valence electrons. The summed E-state index contributed by atoms with van der Waals surface area (Å²) in [5.41, 5.74) is 12.2. The molecule has 0 saturated carbocycles. The van der Waals surface area contributed by atoms with Crippen molar-refractivity contribution in [1.82, 2.24) is 0 Å². The molecule has 0 aromatic heterocycles. The van der Waals surface area contributed by atoms with Gasteiger partial charge in [0.05, 0.1) is 5.84 Å². The lowest BCUT2D eigenvalue weighted by Gasteiger charge is -2.01. The first kappa shape index (κ1) is 9.25. The largest absolute Gasteiger partial charge is 0.387 e. The van der Waals surface area contributed by atoms with E-state index >= 15 is 0 Å². The zero-order chi connectivity index (χ0) is 9.84. The normalized spacial score (nSPS) is 9.54. The van der Waals surface area contributed by atoms with Crippen molar-refractivity contribution >= 4 is 11.7 Å². The Labute approximate surface area is 76.6 Å². The van der Waals surface area contributed by atoms with Crippen LogP contribution >= 0.6 is 0 Å². The highest BCUT2D eigenvalue weighted by Gasteiger charge is 1.97. The zero-order valence-corrected chi connectivity index (χ0v) is 7.17. The molecule has 0 saturated heterocycles. The van der Waals surface area contributed by atoms with Gasteiger partial charge in [-0.25, -0.2) is 0 Å². The molecule has 0 atom stereocenters. The Kier molecular flexibility index (Phi) is 2.64. The van der Waals surface area contributed by atoms with Crippen molar-refractivity contribution in [3.05, 3.63) is 35.4 Å². The van der Waals surface area contributed by atoms with Crippen LogP contribution in [-0.2, 0) is 6.42 Å². The number of nitrogens with one attached hydrogen (secondary N) is 2. The third-order valence-corrected chi connectivity index (χ3v) is 1.66. The minimum atomic E-state index is 0.0503. The molecule has 0 radical (unpaired) electrons. The van der Waals surface area contributed by atoms with Gasteiger partial charge in [-0.05, 0) is 5.56 Å². The molecule has 1 aromatic rings. The van der Waals surface area contributed by atoms with Gasteiger partial charge in [0.2, 0.25) is 0 Å². The van der Waals surface area contributed by atoms with Crippen LogP contribution in [0.4, 0.5) is 0 Å². The Morgan fingerprint density at radius 1 is 1.08 bits per heavy atom. The second kappa shape index (κ2) is 3.71. The third-order valence-electron chi connectivity index (χ3n) is 1.66. The standard InChI is InChI=1S/C9H12N4/c10-8(11)5-6-1-3-7(4-2-6)9(12)13/h1-4H,5H2,(H3,10,11)(H3,12,13). The van der Waals surface area contributed by atoms with Gasteiger partial charge in [0.1, 0.15) is 5.84 Å². The number of hydrogen-bond acceptors (Lipinski definition) is 2. The summed E-state index contributed by atoms with van der Waals surface area (Å²) in [6.45, 7) is 0. The summed E-state index contributed by atoms with van der Waals surface area (Å²) in [6.07, 6.45) is 0.443. The summed E-state index contributed by atoms with van der Waals surface area (Å²) in [7, 11) is 0. The van der Waals surface area contributed by atoms with Crippen molar-refractivity contribution < 1.29 is 0 Å². The summed E-state index contributed by atoms with van der Waals surface area (Å²) >= 11 is 0. The molecule has 0 bridgehead atoms. The van der Waals surface area contributed by atoms with E-state index in [1.54, 1.807) is 12.1 Å². The van der Waals surface area contributed by atoms with E-state index in [0.717, 1.165) is 5.56 Å². The van der Waals surface area contributed by atoms with Gasteiger partial charge < -0.3 is 11.5 Å². The van der Waals surface area contributed by atoms with Crippen LogP contribution in [0.2, 0.25) is 0 Å². The summed E-state index contributed by atoms with van der Waals surface area (Å²) in [6, 6.07) is 7.14. The number of benzene rings is 1. The van der Waals surface area contributed by atoms with Gasteiger partial charge in [-0.2, -0.15) is 0 Å². The maximum Gasteiger partial charge on any atom is 0.122 e. The molecule has 4 nitrogen and oxygen atoms in total. The molecule has 0 aliphatic heterocycles. The van der Waals surface area contributed by atoms with Crippen molar-refractivity contribution in [3.8, 4) is 0 Å². The van der Waals surface area contributed by atoms with E-state index in [0.29, 0.717) is 12.0 Å². The maximum absolute atomic E-state index is 7.16. The van der Waals surface area contributed by atoms with Crippen LogP contribution in [0.15, 0.2) is 24.3 Å². The predicted molar refractivity (Wildman–Crippen MR) is 53.1 cm³/mol. The molecular formula is C9H12N4. The van der Waals surface area contributed by atoms with E-state index in [4.69, 9.17) is 22.3 Å². The third kappa shape index (κ3) is 2.59. The van der Waals surface area contributed by atoms with E-state index < -0.39 is 0 Å². The molecule has 0 amide bonds. The smallest absolute Gasteiger partial charge is 0.122 e. The highest BCUT2D eigenvalue weighted by atomic mass is 14.7. The molecule has 4 heteroatoms. The minimum Gasteiger partial charge on any atom is -0.387 e. The topological polar surface area (TPSA) is 99.7 Å². The summed E-state index contributed by atoms with van der Waals surface area (Å²) in [5.74, 6) is 0.185. The Hall–Kier alpha value is -1.84. The first-order valence-corrected chi connectivity index (χ1v) is 3.86. The molecular weight excluding hydrogens is 164 g/mol. The molecule has 0 heterocycles. The molecule has 0 spiro atoms. The average molecular weight is 176 g/mol. The van der Waals surface area contributed by atoms with Crippen LogP contribution < -0.4 is 11.5 Å². The number of hydrogen-bond donors (Lipinski definition) is 4. The van der Waals surface area contributed by atoms with Gasteiger partial charge in [-0.1, -0.05) is 24.3 Å². The number of rotatable bonds is 3. The van der Waals surface area contributed by atoms with Crippen molar-refractivity contribution in [2.45, 2.75) is 6.42 Å². The van der Waals surface area contributed by atoms with E-state index in [9.17, 15) is 0 Å². The van der Waals surface area contributed by atoms with Gasteiger partial charge in [0.15, 0.2) is 0 Å². The first-order chi connectivity index (χ1) is 6.09. The van der Waals surface area contributed by atoms with E-state index in [1.165, 1.54) is 0 Å². The monoisotopic (exact) mass is 176 g/mol. The Balaban J connectivity index is 2.81. The van der Waals surface area contributed by atoms with E-state index in [1.807, 2.05) is 12.1 Å². The fourth-order valence-corrected chi connectivity index (χ4v) is 1.02. The second-order valence-corrected chi connectivity index (χ2v) is 2.81. The predicted octanol–water partition coefficient (Wildman–Crippen LogP) is 0.449. The van der Waals surface area contributed by atoms with Crippen LogP contribution in [0.1, 0.15) is 11.1 Å². The van der Waals surface area contributed by atoms with Crippen molar-refractivity contribution in [2.24, 2.45) is 11.5 Å². The number of nitrogens with two attached hydrogens (primary N) is 2. The van der Waals surface area contributed by atoms with Crippen molar-refractivity contribution in [2.75, 3.05) is 0 Å². The van der Waals surface area contributed by atoms with Gasteiger partial charge in [0.25, 0.3) is 0 Å². The van der Waals surface area contributed by atoms with Crippen LogP contribution in [-0.4, -0.2) is 11.7 Å². The van der Waals surface area contributed by atoms with Crippen LogP contribution in [0.25, 0.3) is 0 Å². The van der Waals surface area contributed by atoms with E-state index in [-0.39, 0.29) is 11.7 Å². The molecule has 0 aliphatic carbocycles. The van der Waals surface area contributed by atoms with Crippen LogP contribution in [0.5, 0.6) is 0 Å². The Morgan fingerprint density at radius 3 is 2.00 bits per heavy atom. The quantitative estimate of drug-likeness (QED) is 0.397. The van der Waals surface area contributed by atoms with Gasteiger partial charge in [0, 0.05) is 12.0 Å². The van der Waals surface area contributed by atoms with E-state index in [2.05, 4.69) is 0 Å². The molecule has 1 aromatic carbocycles. The molecule has 6 N–H and O–H groups in total. The SMILES string of the molecule is N=C(N)Cc1ccc(C(=N)N)cc1. The lowest BCUT2D eigenvalue weighted by Crippen LogP contribution is -2.13. The fraction of sp³-hybridized carbons (Fsp3) is 0.111. The summed E-state index contributed by atoms with van der Waals surface area (Å²) < 4.78 is 0. The number of amidine groups is 2. The number of nitrogen functional groups attached to an aromatic ring is 1. The highest BCUT2D eigenvalue weighted by Crippen LogP contribution is 2.03. The highest BCUT2D eigenvalue weighted by molar-refractivity contribution is 5.95. The average Bonchev–Trinajstić information content (AvgIpc) is 2.04. The minimum absolute atomic E-state index is 0.0503. The molecule has 0 aliphatic rings. The fourth-order valence-electron chi connectivity index (χ4n) is 1.02. The lowest BCUT2D eigenvalue weighted by atomic mass is 10.1. The molecule has 0 fully saturated rings.